The zero-order valence-corrected chi connectivity index (χ0v) is 24.5. The molecule has 3 rings (SSSR count). The zero-order valence-electron chi connectivity index (χ0n) is 22.8. The quantitative estimate of drug-likeness (QED) is 0.307. The lowest BCUT2D eigenvalue weighted by atomic mass is 9.94. The fourth-order valence-electron chi connectivity index (χ4n) is 4.42. The molecule has 1 saturated heterocycles. The van der Waals surface area contributed by atoms with Crippen molar-refractivity contribution in [2.75, 3.05) is 29.5 Å². The van der Waals surface area contributed by atoms with Gasteiger partial charge in [0, 0.05) is 25.2 Å². The van der Waals surface area contributed by atoms with Crippen LogP contribution in [0.15, 0.2) is 42.5 Å². The molecule has 1 aromatic heterocycles. The van der Waals surface area contributed by atoms with Crippen LogP contribution in [0, 0.1) is 0 Å². The van der Waals surface area contributed by atoms with Crippen LogP contribution in [0.4, 0.5) is 20.8 Å². The van der Waals surface area contributed by atoms with Gasteiger partial charge in [0.25, 0.3) is 5.91 Å². The highest BCUT2D eigenvalue weighted by atomic mass is 35.5. The summed E-state index contributed by atoms with van der Waals surface area (Å²) in [6.07, 6.45) is -2.72. The van der Waals surface area contributed by atoms with Crippen LogP contribution in [0.1, 0.15) is 42.6 Å². The molecule has 0 aliphatic carbocycles. The smallest absolute Gasteiger partial charge is 0.407 e. The fourth-order valence-corrected chi connectivity index (χ4v) is 4.85. The van der Waals surface area contributed by atoms with Gasteiger partial charge >= 0.3 is 6.09 Å². The normalized spacial score (nSPS) is 19.2. The molecule has 11 nitrogen and oxygen atoms in total. The summed E-state index contributed by atoms with van der Waals surface area (Å²) in [5, 5.41) is 26.7. The van der Waals surface area contributed by atoms with Crippen LogP contribution in [-0.4, -0.2) is 90.8 Å². The van der Waals surface area contributed by atoms with Crippen LogP contribution in [0.5, 0.6) is 0 Å². The third kappa shape index (κ3) is 8.18. The third-order valence-corrected chi connectivity index (χ3v) is 8.08. The molecule has 1 aromatic carbocycles. The predicted octanol–water partition coefficient (Wildman–Crippen LogP) is 2.90. The van der Waals surface area contributed by atoms with Gasteiger partial charge < -0.3 is 20.8 Å². The van der Waals surface area contributed by atoms with Gasteiger partial charge in [-0.15, -0.1) is 12.4 Å². The first kappa shape index (κ1) is 33.0. The number of carboxylic acid groups (broad SMARTS) is 1. The summed E-state index contributed by atoms with van der Waals surface area (Å²) in [5.41, 5.74) is 0.799. The summed E-state index contributed by atoms with van der Waals surface area (Å²) in [4.78, 5) is 30.4. The molecule has 4 unspecified atom stereocenters. The topological polar surface area (TPSA) is 152 Å². The Balaban J connectivity index is 0.00000560. The molecule has 0 spiro atoms. The molecule has 2 aromatic rings. The first-order chi connectivity index (χ1) is 18.3. The van der Waals surface area contributed by atoms with E-state index in [2.05, 4.69) is 15.6 Å². The van der Waals surface area contributed by atoms with E-state index in [0.717, 1.165) is 27.4 Å². The molecule has 0 bridgehead atoms. The molecular weight excluding hydrogens is 565 g/mol. The Hall–Kier alpha value is -3.16. The molecule has 0 saturated carbocycles. The van der Waals surface area contributed by atoms with E-state index in [0.29, 0.717) is 0 Å². The summed E-state index contributed by atoms with van der Waals surface area (Å²) >= 11 is 0. The van der Waals surface area contributed by atoms with Crippen LogP contribution < -0.4 is 14.9 Å². The number of benzene rings is 1. The predicted molar refractivity (Wildman–Crippen MR) is 154 cm³/mol. The molecule has 1 fully saturated rings. The molecule has 5 atom stereocenters. The summed E-state index contributed by atoms with van der Waals surface area (Å²) < 4.78 is 40.1. The van der Waals surface area contributed by atoms with Crippen LogP contribution >= 0.6 is 12.4 Å². The summed E-state index contributed by atoms with van der Waals surface area (Å²) in [6.45, 7) is 3.79. The Kier molecular flexibility index (Phi) is 11.5. The van der Waals surface area contributed by atoms with Gasteiger partial charge in [-0.25, -0.2) is 22.6 Å². The molecule has 14 heteroatoms. The van der Waals surface area contributed by atoms with Crippen molar-refractivity contribution in [3.63, 3.8) is 0 Å². The van der Waals surface area contributed by atoms with E-state index in [-0.39, 0.29) is 55.0 Å². The maximum absolute atomic E-state index is 14.8. The van der Waals surface area contributed by atoms with E-state index in [1.807, 2.05) is 13.8 Å². The molecule has 2 amide bonds. The minimum atomic E-state index is -3.69. The average Bonchev–Trinajstić information content (AvgIpc) is 3.28. The number of halogens is 2. The monoisotopic (exact) mass is 601 g/mol. The van der Waals surface area contributed by atoms with Gasteiger partial charge in [-0.1, -0.05) is 37.3 Å². The van der Waals surface area contributed by atoms with Gasteiger partial charge in [-0.2, -0.15) is 0 Å². The number of aliphatic hydroxyl groups is 1. The Morgan fingerprint density at radius 3 is 2.48 bits per heavy atom. The first-order valence-corrected chi connectivity index (χ1v) is 14.6. The Bertz CT molecular complexity index is 1270. The van der Waals surface area contributed by atoms with Crippen molar-refractivity contribution in [1.29, 1.82) is 0 Å². The number of aromatic nitrogens is 1. The lowest BCUT2D eigenvalue weighted by Gasteiger charge is -2.33. The Labute approximate surface area is 240 Å². The maximum atomic E-state index is 14.8. The highest BCUT2D eigenvalue weighted by Gasteiger charge is 2.45. The molecule has 1 aliphatic rings. The van der Waals surface area contributed by atoms with Crippen molar-refractivity contribution < 1.29 is 32.6 Å². The van der Waals surface area contributed by atoms with E-state index in [1.165, 1.54) is 19.2 Å². The number of sulfonamides is 1. The van der Waals surface area contributed by atoms with Crippen molar-refractivity contribution in [3.05, 3.63) is 53.6 Å². The van der Waals surface area contributed by atoms with Gasteiger partial charge in [-0.05, 0) is 43.9 Å². The van der Waals surface area contributed by atoms with Gasteiger partial charge in [0.05, 0.1) is 24.4 Å². The first-order valence-electron chi connectivity index (χ1n) is 12.7. The number of amides is 2. The number of anilines is 2. The fraction of sp³-hybridized carbons (Fsp3) is 0.500. The second-order valence-electron chi connectivity index (χ2n) is 9.81. The van der Waals surface area contributed by atoms with Crippen LogP contribution in [0.3, 0.4) is 0 Å². The van der Waals surface area contributed by atoms with Crippen molar-refractivity contribution in [1.82, 2.24) is 15.2 Å². The second-order valence-corrected chi connectivity index (χ2v) is 11.8. The number of hydrogen-bond acceptors (Lipinski definition) is 7. The van der Waals surface area contributed by atoms with Crippen molar-refractivity contribution in [2.45, 2.75) is 63.5 Å². The van der Waals surface area contributed by atoms with Gasteiger partial charge in [0.15, 0.2) is 0 Å². The molecular formula is C26H37ClFN5O6S. The highest BCUT2D eigenvalue weighted by molar-refractivity contribution is 7.92. The van der Waals surface area contributed by atoms with Gasteiger partial charge in [-0.3, -0.25) is 14.0 Å². The van der Waals surface area contributed by atoms with Crippen LogP contribution in [0.2, 0.25) is 0 Å². The number of nitrogens with zero attached hydrogens (tertiary/aromatic N) is 3. The van der Waals surface area contributed by atoms with Gasteiger partial charge in [0.2, 0.25) is 10.0 Å². The van der Waals surface area contributed by atoms with Crippen molar-refractivity contribution in [2.24, 2.45) is 0 Å². The molecule has 4 N–H and O–H groups in total. The maximum Gasteiger partial charge on any atom is 0.407 e. The number of likely N-dealkylation sites (tertiary alicyclic amines) is 1. The number of nitrogens with one attached hydrogen (secondary N) is 2. The molecule has 0 radical (unpaired) electrons. The lowest BCUT2D eigenvalue weighted by molar-refractivity contribution is 0.0205. The minimum Gasteiger partial charge on any atom is -0.465 e. The summed E-state index contributed by atoms with van der Waals surface area (Å²) in [6, 6.07) is 9.25. The Morgan fingerprint density at radius 1 is 1.25 bits per heavy atom. The van der Waals surface area contributed by atoms with Crippen LogP contribution in [0.25, 0.3) is 0 Å². The molecule has 2 heterocycles. The highest BCUT2D eigenvalue weighted by Crippen LogP contribution is 2.27. The lowest BCUT2D eigenvalue weighted by Crippen LogP contribution is -2.56. The third-order valence-electron chi connectivity index (χ3n) is 6.90. The van der Waals surface area contributed by atoms with Crippen molar-refractivity contribution in [3.8, 4) is 0 Å². The van der Waals surface area contributed by atoms with Crippen molar-refractivity contribution >= 4 is 46.1 Å². The number of pyridine rings is 1. The number of carbonyl (C=O) groups is 2. The number of carbonyl (C=O) groups excluding carboxylic acids is 1. The summed E-state index contributed by atoms with van der Waals surface area (Å²) in [7, 11) is -2.37. The van der Waals surface area contributed by atoms with E-state index < -0.39 is 46.4 Å². The molecule has 1 aliphatic heterocycles. The van der Waals surface area contributed by atoms with E-state index in [4.69, 9.17) is 0 Å². The van der Waals surface area contributed by atoms with E-state index >= 15 is 0 Å². The SMILES string of the molecule is CCC(C)Nc1cc(C(=O)N[C@@H](Cc2ccccc2)C(O)C2C(F)CCN2C(=O)O)cc(N(C)S(C)(=O)=O)n1.Cl. The summed E-state index contributed by atoms with van der Waals surface area (Å²) in [5.74, 6) is -0.380. The molecule has 40 heavy (non-hydrogen) atoms. The zero-order chi connectivity index (χ0) is 28.9. The standard InChI is InChI=1S/C26H36FN5O6S.ClH/c1-5-16(2)28-21-14-18(15-22(30-21)31(3)39(4,37)38)25(34)29-20(13-17-9-7-6-8-10-17)24(33)23-19(27)11-12-32(23)26(35)36;/h6-10,14-16,19-20,23-24,33H,5,11-13H2,1-4H3,(H,28,30)(H,29,34)(H,35,36);1H/t16?,19?,20-,23?,24?;/m0./s1. The Morgan fingerprint density at radius 2 is 1.90 bits per heavy atom. The number of aliphatic hydroxyl groups excluding tert-OH is 1. The average molecular weight is 602 g/mol. The van der Waals surface area contributed by atoms with Gasteiger partial charge in [0.1, 0.15) is 17.8 Å². The number of hydrogen-bond donors (Lipinski definition) is 4. The molecule has 222 valence electrons. The number of rotatable bonds is 11. The largest absolute Gasteiger partial charge is 0.465 e. The van der Waals surface area contributed by atoms with Crippen LogP contribution in [-0.2, 0) is 16.4 Å². The second kappa shape index (κ2) is 14.0. The number of alkyl halides is 1. The minimum absolute atomic E-state index is 0. The van der Waals surface area contributed by atoms with E-state index in [9.17, 15) is 32.6 Å². The van der Waals surface area contributed by atoms with E-state index in [1.54, 1.807) is 30.3 Å².